The van der Waals surface area contributed by atoms with Crippen LogP contribution in [0.15, 0.2) is 36.9 Å². The normalized spacial score (nSPS) is 11.8. The van der Waals surface area contributed by atoms with Crippen molar-refractivity contribution >= 4 is 5.69 Å². The first kappa shape index (κ1) is 14.8. The van der Waals surface area contributed by atoms with E-state index in [-0.39, 0.29) is 5.41 Å². The maximum atomic E-state index is 5.74. The molecule has 2 N–H and O–H groups in total. The van der Waals surface area contributed by atoms with Crippen molar-refractivity contribution in [2.24, 2.45) is 0 Å². The average Bonchev–Trinajstić information content (AvgIpc) is 2.29. The summed E-state index contributed by atoms with van der Waals surface area (Å²) in [5.41, 5.74) is 8.03. The van der Waals surface area contributed by atoms with Crippen molar-refractivity contribution in [1.82, 2.24) is 4.90 Å². The van der Waals surface area contributed by atoms with Crippen LogP contribution in [0.2, 0.25) is 0 Å². The number of anilines is 1. The first-order chi connectivity index (χ1) is 8.49. The zero-order valence-electron chi connectivity index (χ0n) is 11.9. The Labute approximate surface area is 111 Å². The van der Waals surface area contributed by atoms with Gasteiger partial charge in [0.2, 0.25) is 0 Å². The molecule has 1 rings (SSSR count). The minimum Gasteiger partial charge on any atom is -0.399 e. The van der Waals surface area contributed by atoms with Crippen molar-refractivity contribution in [3.63, 3.8) is 0 Å². The lowest BCUT2D eigenvalue weighted by molar-refractivity contribution is 0.245. The summed E-state index contributed by atoms with van der Waals surface area (Å²) in [6.45, 7) is 13.7. The van der Waals surface area contributed by atoms with Crippen LogP contribution in [0.1, 0.15) is 32.8 Å². The summed E-state index contributed by atoms with van der Waals surface area (Å²) in [5.74, 6) is 0. The van der Waals surface area contributed by atoms with Gasteiger partial charge in [0.1, 0.15) is 0 Å². The fourth-order valence-electron chi connectivity index (χ4n) is 2.32. The van der Waals surface area contributed by atoms with E-state index in [1.54, 1.807) is 0 Å². The highest BCUT2D eigenvalue weighted by Crippen LogP contribution is 2.25. The molecule has 1 aromatic rings. The molecule has 0 atom stereocenters. The summed E-state index contributed by atoms with van der Waals surface area (Å²) in [6.07, 6.45) is 3.15. The Morgan fingerprint density at radius 3 is 2.39 bits per heavy atom. The minimum absolute atomic E-state index is 0.131. The first-order valence-electron chi connectivity index (χ1n) is 6.69. The smallest absolute Gasteiger partial charge is 0.0314 e. The van der Waals surface area contributed by atoms with Gasteiger partial charge in [0, 0.05) is 24.2 Å². The number of nitrogens with zero attached hydrogens (tertiary/aromatic N) is 1. The topological polar surface area (TPSA) is 29.3 Å². The van der Waals surface area contributed by atoms with Crippen molar-refractivity contribution in [3.05, 3.63) is 42.5 Å². The monoisotopic (exact) mass is 246 g/mol. The average molecular weight is 246 g/mol. The van der Waals surface area contributed by atoms with E-state index in [0.29, 0.717) is 0 Å². The molecule has 0 aliphatic heterocycles. The van der Waals surface area contributed by atoms with E-state index in [9.17, 15) is 0 Å². The molecule has 0 unspecified atom stereocenters. The van der Waals surface area contributed by atoms with Crippen LogP contribution in [-0.4, -0.2) is 24.5 Å². The third-order valence-corrected chi connectivity index (χ3v) is 3.24. The van der Waals surface area contributed by atoms with Crippen LogP contribution in [0.25, 0.3) is 0 Å². The predicted molar refractivity (Wildman–Crippen MR) is 80.8 cm³/mol. The van der Waals surface area contributed by atoms with Crippen molar-refractivity contribution in [1.29, 1.82) is 0 Å². The molecule has 1 aromatic carbocycles. The molecule has 0 amide bonds. The van der Waals surface area contributed by atoms with Gasteiger partial charge in [-0.1, -0.05) is 39.0 Å². The molecule has 0 fully saturated rings. The molecular weight excluding hydrogens is 220 g/mol. The number of rotatable bonds is 7. The molecule has 0 heterocycles. The highest BCUT2D eigenvalue weighted by atomic mass is 15.1. The molecule has 0 saturated heterocycles. The highest BCUT2D eigenvalue weighted by molar-refractivity contribution is 5.41. The summed E-state index contributed by atoms with van der Waals surface area (Å²) in [4.78, 5) is 2.45. The Hall–Kier alpha value is -1.28. The largest absolute Gasteiger partial charge is 0.399 e. The summed E-state index contributed by atoms with van der Waals surface area (Å²) in [5, 5.41) is 0. The van der Waals surface area contributed by atoms with Crippen molar-refractivity contribution in [3.8, 4) is 0 Å². The minimum atomic E-state index is 0.131. The zero-order valence-corrected chi connectivity index (χ0v) is 11.9. The molecule has 0 spiro atoms. The van der Waals surface area contributed by atoms with E-state index in [2.05, 4.69) is 44.4 Å². The molecule has 0 bridgehead atoms. The van der Waals surface area contributed by atoms with Crippen LogP contribution in [0.3, 0.4) is 0 Å². The second-order valence-corrected chi connectivity index (χ2v) is 5.53. The zero-order chi connectivity index (χ0) is 13.6. The van der Waals surface area contributed by atoms with E-state index in [4.69, 9.17) is 5.73 Å². The molecule has 0 radical (unpaired) electrons. The Bertz CT molecular complexity index is 365. The second-order valence-electron chi connectivity index (χ2n) is 5.53. The lowest BCUT2D eigenvalue weighted by Crippen LogP contribution is -2.37. The number of hydrogen-bond donors (Lipinski definition) is 1. The van der Waals surface area contributed by atoms with E-state index in [1.807, 2.05) is 18.2 Å². The summed E-state index contributed by atoms with van der Waals surface area (Å²) < 4.78 is 0. The van der Waals surface area contributed by atoms with Gasteiger partial charge in [-0.3, -0.25) is 4.90 Å². The summed E-state index contributed by atoms with van der Waals surface area (Å²) in [7, 11) is 0. The van der Waals surface area contributed by atoms with Crippen molar-refractivity contribution in [2.45, 2.75) is 32.6 Å². The maximum Gasteiger partial charge on any atom is 0.0314 e. The standard InChI is InChI=1S/C16H26N2/c1-5-11-18(12-6-2)13-16(3,4)14-7-9-15(17)10-8-14/h5,7-10H,1,6,11-13,17H2,2-4H3. The Kier molecular flexibility index (Phi) is 5.42. The van der Waals surface area contributed by atoms with Gasteiger partial charge in [0.05, 0.1) is 0 Å². The number of hydrogen-bond acceptors (Lipinski definition) is 2. The number of benzene rings is 1. The molecular formula is C16H26N2. The van der Waals surface area contributed by atoms with Gasteiger partial charge in [-0.2, -0.15) is 0 Å². The highest BCUT2D eigenvalue weighted by Gasteiger charge is 2.23. The predicted octanol–water partition coefficient (Wildman–Crippen LogP) is 3.44. The van der Waals surface area contributed by atoms with Gasteiger partial charge >= 0.3 is 0 Å². The van der Waals surface area contributed by atoms with E-state index >= 15 is 0 Å². The number of nitrogen functional groups attached to an aromatic ring is 1. The Morgan fingerprint density at radius 1 is 1.28 bits per heavy atom. The lowest BCUT2D eigenvalue weighted by atomic mass is 9.84. The van der Waals surface area contributed by atoms with Crippen molar-refractivity contribution < 1.29 is 0 Å². The Morgan fingerprint density at radius 2 is 1.89 bits per heavy atom. The molecule has 0 aliphatic rings. The van der Waals surface area contributed by atoms with E-state index in [1.165, 1.54) is 12.0 Å². The van der Waals surface area contributed by atoms with E-state index < -0.39 is 0 Å². The third-order valence-electron chi connectivity index (χ3n) is 3.24. The van der Waals surface area contributed by atoms with Gasteiger partial charge < -0.3 is 5.73 Å². The van der Waals surface area contributed by atoms with Crippen LogP contribution in [-0.2, 0) is 5.41 Å². The SMILES string of the molecule is C=CCN(CCC)CC(C)(C)c1ccc(N)cc1. The summed E-state index contributed by atoms with van der Waals surface area (Å²) >= 11 is 0. The molecule has 2 heteroatoms. The van der Waals surface area contributed by atoms with Gasteiger partial charge in [-0.25, -0.2) is 0 Å². The van der Waals surface area contributed by atoms with Gasteiger partial charge in [0.25, 0.3) is 0 Å². The Balaban J connectivity index is 2.77. The van der Waals surface area contributed by atoms with E-state index in [0.717, 1.165) is 25.3 Å². The van der Waals surface area contributed by atoms with Crippen LogP contribution in [0.5, 0.6) is 0 Å². The van der Waals surface area contributed by atoms with Crippen molar-refractivity contribution in [2.75, 3.05) is 25.4 Å². The molecule has 0 saturated carbocycles. The van der Waals surface area contributed by atoms with Gasteiger partial charge in [0.15, 0.2) is 0 Å². The van der Waals surface area contributed by atoms with Crippen LogP contribution < -0.4 is 5.73 Å². The van der Waals surface area contributed by atoms with Crippen LogP contribution >= 0.6 is 0 Å². The summed E-state index contributed by atoms with van der Waals surface area (Å²) in [6, 6.07) is 8.23. The third kappa shape index (κ3) is 4.19. The fourth-order valence-corrected chi connectivity index (χ4v) is 2.32. The van der Waals surface area contributed by atoms with Crippen LogP contribution in [0.4, 0.5) is 5.69 Å². The fraction of sp³-hybridized carbons (Fsp3) is 0.500. The van der Waals surface area contributed by atoms with Gasteiger partial charge in [-0.05, 0) is 30.7 Å². The molecule has 100 valence electrons. The maximum absolute atomic E-state index is 5.74. The number of nitrogens with two attached hydrogens (primary N) is 1. The molecule has 2 nitrogen and oxygen atoms in total. The van der Waals surface area contributed by atoms with Gasteiger partial charge in [-0.15, -0.1) is 6.58 Å². The first-order valence-corrected chi connectivity index (χ1v) is 6.69. The molecule has 18 heavy (non-hydrogen) atoms. The molecule has 0 aromatic heterocycles. The van der Waals surface area contributed by atoms with Crippen LogP contribution in [0, 0.1) is 0 Å². The molecule has 0 aliphatic carbocycles. The quantitative estimate of drug-likeness (QED) is 0.590. The lowest BCUT2D eigenvalue weighted by Gasteiger charge is -2.32. The second kappa shape index (κ2) is 6.60.